The monoisotopic (exact) mass is 272 g/mol. The number of anilines is 1. The lowest BCUT2D eigenvalue weighted by atomic mass is 10.1. The maximum absolute atomic E-state index is 12.1. The fourth-order valence-corrected chi connectivity index (χ4v) is 3.26. The molecule has 1 aromatic heterocycles. The summed E-state index contributed by atoms with van der Waals surface area (Å²) in [6, 6.07) is 7.91. The van der Waals surface area contributed by atoms with Gasteiger partial charge in [-0.05, 0) is 25.5 Å². The Hall–Kier alpha value is -1.68. The average Bonchev–Trinajstić information content (AvgIpc) is 2.75. The van der Waals surface area contributed by atoms with Crippen LogP contribution in [0.3, 0.4) is 0 Å². The van der Waals surface area contributed by atoms with Crippen LogP contribution in [0.1, 0.15) is 33.9 Å². The second-order valence-corrected chi connectivity index (χ2v) is 5.79. The maximum atomic E-state index is 12.1. The van der Waals surface area contributed by atoms with Crippen molar-refractivity contribution in [1.82, 2.24) is 4.98 Å². The largest absolute Gasteiger partial charge is 0.364 e. The third-order valence-corrected chi connectivity index (χ3v) is 4.32. The zero-order valence-corrected chi connectivity index (χ0v) is 11.7. The number of benzene rings is 1. The highest BCUT2D eigenvalue weighted by atomic mass is 32.1. The first-order valence-corrected chi connectivity index (χ1v) is 7.40. The van der Waals surface area contributed by atoms with Crippen molar-refractivity contribution in [2.24, 2.45) is 0 Å². The van der Waals surface area contributed by atoms with Gasteiger partial charge in [-0.2, -0.15) is 0 Å². The number of rotatable bonds is 2. The summed E-state index contributed by atoms with van der Waals surface area (Å²) in [5, 5.41) is 3.19. The number of aryl methyl sites for hydroxylation is 1. The van der Waals surface area contributed by atoms with Crippen molar-refractivity contribution >= 4 is 22.8 Å². The van der Waals surface area contributed by atoms with E-state index in [0.717, 1.165) is 41.5 Å². The Morgan fingerprint density at radius 1 is 1.37 bits per heavy atom. The molecule has 0 saturated carbocycles. The number of hydrogen-bond acceptors (Lipinski definition) is 4. The highest BCUT2D eigenvalue weighted by molar-refractivity contribution is 7.09. The predicted octanol–water partition coefficient (Wildman–Crippen LogP) is 3.43. The highest BCUT2D eigenvalue weighted by Gasteiger charge is 2.20. The number of para-hydroxylation sites is 1. The normalized spacial score (nSPS) is 15.2. The van der Waals surface area contributed by atoms with Gasteiger partial charge in [0.25, 0.3) is 0 Å². The molecule has 2 heterocycles. The van der Waals surface area contributed by atoms with Gasteiger partial charge in [-0.1, -0.05) is 12.1 Å². The molecule has 0 bridgehead atoms. The first-order valence-electron chi connectivity index (χ1n) is 6.52. The van der Waals surface area contributed by atoms with Gasteiger partial charge >= 0.3 is 0 Å². The maximum Gasteiger partial charge on any atom is 0.165 e. The molecule has 0 saturated heterocycles. The molecule has 0 atom stereocenters. The van der Waals surface area contributed by atoms with Crippen LogP contribution in [0, 0.1) is 6.92 Å². The molecule has 3 rings (SSSR count). The van der Waals surface area contributed by atoms with Crippen LogP contribution in [0.2, 0.25) is 0 Å². The Kier molecular flexibility index (Phi) is 3.34. The van der Waals surface area contributed by atoms with Crippen LogP contribution in [0.5, 0.6) is 0 Å². The van der Waals surface area contributed by atoms with E-state index in [1.54, 1.807) is 11.3 Å². The number of aromatic nitrogens is 1. The average molecular weight is 272 g/mol. The Labute approximate surface area is 116 Å². The number of thiazole rings is 1. The number of carbonyl (C=O) groups is 1. The highest BCUT2D eigenvalue weighted by Crippen LogP contribution is 2.28. The third kappa shape index (κ3) is 2.54. The van der Waals surface area contributed by atoms with Crippen LogP contribution >= 0.6 is 11.3 Å². The first kappa shape index (κ1) is 12.4. The molecule has 0 amide bonds. The van der Waals surface area contributed by atoms with Gasteiger partial charge in [0, 0.05) is 35.3 Å². The van der Waals surface area contributed by atoms with Crippen molar-refractivity contribution in [3.63, 3.8) is 0 Å². The van der Waals surface area contributed by atoms with Gasteiger partial charge in [0.05, 0.1) is 6.54 Å². The summed E-state index contributed by atoms with van der Waals surface area (Å²) in [7, 11) is 0. The van der Waals surface area contributed by atoms with E-state index >= 15 is 0 Å². The number of nitrogens with zero attached hydrogens (tertiary/aromatic N) is 2. The van der Waals surface area contributed by atoms with Crippen LogP contribution in [0.25, 0.3) is 0 Å². The van der Waals surface area contributed by atoms with Gasteiger partial charge in [-0.15, -0.1) is 11.3 Å². The predicted molar refractivity (Wildman–Crippen MR) is 77.9 cm³/mol. The van der Waals surface area contributed by atoms with Crippen molar-refractivity contribution in [2.75, 3.05) is 11.4 Å². The molecule has 2 aromatic rings. The standard InChI is InChI=1S/C15H16N2OS/c1-11-10-19-15(16-11)9-17-8-4-7-14(18)12-5-2-3-6-13(12)17/h2-3,5-6,10H,4,7-9H2,1H3. The Balaban J connectivity index is 1.93. The van der Waals surface area contributed by atoms with E-state index in [1.165, 1.54) is 0 Å². The van der Waals surface area contributed by atoms with Gasteiger partial charge < -0.3 is 4.90 Å². The Bertz CT molecular complexity index is 606. The molecule has 1 aliphatic heterocycles. The molecule has 19 heavy (non-hydrogen) atoms. The van der Waals surface area contributed by atoms with E-state index in [0.29, 0.717) is 6.42 Å². The van der Waals surface area contributed by atoms with E-state index in [1.807, 2.05) is 31.2 Å². The van der Waals surface area contributed by atoms with Crippen molar-refractivity contribution < 1.29 is 4.79 Å². The number of ketones is 1. The molecule has 4 heteroatoms. The number of Topliss-reactive ketones (excluding diaryl/α,β-unsaturated/α-hetero) is 1. The van der Waals surface area contributed by atoms with Crippen molar-refractivity contribution in [3.8, 4) is 0 Å². The SMILES string of the molecule is Cc1csc(CN2CCCC(=O)c3ccccc32)n1. The molecular formula is C15H16N2OS. The van der Waals surface area contributed by atoms with Crippen LogP contribution in [0.4, 0.5) is 5.69 Å². The van der Waals surface area contributed by atoms with E-state index in [4.69, 9.17) is 0 Å². The van der Waals surface area contributed by atoms with E-state index in [9.17, 15) is 4.79 Å². The van der Waals surface area contributed by atoms with Crippen LogP contribution < -0.4 is 4.90 Å². The topological polar surface area (TPSA) is 33.2 Å². The molecule has 0 spiro atoms. The van der Waals surface area contributed by atoms with Crippen LogP contribution in [0.15, 0.2) is 29.6 Å². The van der Waals surface area contributed by atoms with Gasteiger partial charge in [0.15, 0.2) is 5.78 Å². The summed E-state index contributed by atoms with van der Waals surface area (Å²) in [4.78, 5) is 18.9. The number of hydrogen-bond donors (Lipinski definition) is 0. The van der Waals surface area contributed by atoms with Gasteiger partial charge in [-0.25, -0.2) is 4.98 Å². The van der Waals surface area contributed by atoms with E-state index < -0.39 is 0 Å². The molecule has 0 N–H and O–H groups in total. The summed E-state index contributed by atoms with van der Waals surface area (Å²) in [5.41, 5.74) is 2.98. The summed E-state index contributed by atoms with van der Waals surface area (Å²) >= 11 is 1.69. The minimum Gasteiger partial charge on any atom is -0.364 e. The first-order chi connectivity index (χ1) is 9.24. The molecule has 1 aliphatic rings. The second-order valence-electron chi connectivity index (χ2n) is 4.85. The Morgan fingerprint density at radius 2 is 2.21 bits per heavy atom. The molecule has 0 fully saturated rings. The number of fused-ring (bicyclic) bond motifs is 1. The smallest absolute Gasteiger partial charge is 0.165 e. The lowest BCUT2D eigenvalue weighted by Crippen LogP contribution is -2.23. The summed E-state index contributed by atoms with van der Waals surface area (Å²) < 4.78 is 0. The minimum atomic E-state index is 0.258. The summed E-state index contributed by atoms with van der Waals surface area (Å²) in [6.45, 7) is 3.73. The van der Waals surface area contributed by atoms with Crippen molar-refractivity contribution in [3.05, 3.63) is 45.9 Å². The van der Waals surface area contributed by atoms with Crippen LogP contribution in [-0.2, 0) is 6.54 Å². The minimum absolute atomic E-state index is 0.258. The third-order valence-electron chi connectivity index (χ3n) is 3.37. The molecule has 1 aromatic carbocycles. The van der Waals surface area contributed by atoms with E-state index in [-0.39, 0.29) is 5.78 Å². The molecule has 0 radical (unpaired) electrons. The summed E-state index contributed by atoms with van der Waals surface area (Å²) in [6.07, 6.45) is 1.56. The number of carbonyl (C=O) groups excluding carboxylic acids is 1. The van der Waals surface area contributed by atoms with Gasteiger partial charge in [-0.3, -0.25) is 4.79 Å². The zero-order valence-electron chi connectivity index (χ0n) is 10.9. The fourth-order valence-electron chi connectivity index (χ4n) is 2.47. The van der Waals surface area contributed by atoms with Crippen molar-refractivity contribution in [2.45, 2.75) is 26.3 Å². The second kappa shape index (κ2) is 5.13. The lowest BCUT2D eigenvalue weighted by Gasteiger charge is -2.23. The fraction of sp³-hybridized carbons (Fsp3) is 0.333. The molecule has 98 valence electrons. The Morgan fingerprint density at radius 3 is 3.00 bits per heavy atom. The molecule has 0 unspecified atom stereocenters. The zero-order chi connectivity index (χ0) is 13.2. The molecule has 3 nitrogen and oxygen atoms in total. The van der Waals surface area contributed by atoms with Crippen molar-refractivity contribution in [1.29, 1.82) is 0 Å². The quantitative estimate of drug-likeness (QED) is 0.839. The lowest BCUT2D eigenvalue weighted by molar-refractivity contribution is 0.0984. The van der Waals surface area contributed by atoms with Gasteiger partial charge in [0.2, 0.25) is 0 Å². The summed E-state index contributed by atoms with van der Waals surface area (Å²) in [5.74, 6) is 0.258. The van der Waals surface area contributed by atoms with E-state index in [2.05, 4.69) is 15.3 Å². The molecule has 0 aliphatic carbocycles. The molecular weight excluding hydrogens is 256 g/mol. The van der Waals surface area contributed by atoms with Crippen LogP contribution in [-0.4, -0.2) is 17.3 Å². The van der Waals surface area contributed by atoms with Gasteiger partial charge in [0.1, 0.15) is 5.01 Å².